The summed E-state index contributed by atoms with van der Waals surface area (Å²) in [5.41, 5.74) is 2.52. The average molecular weight is 295 g/mol. The van der Waals surface area contributed by atoms with Gasteiger partial charge in [0.1, 0.15) is 17.5 Å². The zero-order valence-electron chi connectivity index (χ0n) is 12.8. The van der Waals surface area contributed by atoms with Crippen molar-refractivity contribution in [1.29, 1.82) is 0 Å². The molecule has 4 N–H and O–H groups in total. The standard InChI is InChI=1S/C14H25N5S/c1-13(2,3)12-17-10(8-11(18-12)19-15)16-9-14(20-4)6-5-7-14/h8H,5-7,9,15H2,1-4H3,(H2,16,17,18,19). The summed E-state index contributed by atoms with van der Waals surface area (Å²) in [6.07, 6.45) is 6.07. The largest absolute Gasteiger partial charge is 0.369 e. The Bertz CT molecular complexity index is 460. The van der Waals surface area contributed by atoms with Gasteiger partial charge in [-0.2, -0.15) is 11.8 Å². The van der Waals surface area contributed by atoms with Crippen LogP contribution < -0.4 is 16.6 Å². The summed E-state index contributed by atoms with van der Waals surface area (Å²) in [7, 11) is 0. The molecule has 1 aromatic heterocycles. The van der Waals surface area contributed by atoms with Crippen molar-refractivity contribution in [1.82, 2.24) is 9.97 Å². The van der Waals surface area contributed by atoms with E-state index in [-0.39, 0.29) is 5.41 Å². The van der Waals surface area contributed by atoms with Crippen LogP contribution in [0, 0.1) is 0 Å². The van der Waals surface area contributed by atoms with Gasteiger partial charge in [0.2, 0.25) is 0 Å². The van der Waals surface area contributed by atoms with Gasteiger partial charge in [0.05, 0.1) is 0 Å². The van der Waals surface area contributed by atoms with E-state index in [0.717, 1.165) is 18.2 Å². The number of hydrogen-bond acceptors (Lipinski definition) is 6. The van der Waals surface area contributed by atoms with Gasteiger partial charge < -0.3 is 10.7 Å². The molecule has 1 saturated carbocycles. The molecule has 6 heteroatoms. The molecule has 0 aromatic carbocycles. The Hall–Kier alpha value is -1.01. The fourth-order valence-electron chi connectivity index (χ4n) is 2.22. The molecule has 1 heterocycles. The molecule has 0 atom stereocenters. The highest BCUT2D eigenvalue weighted by Gasteiger charge is 2.36. The van der Waals surface area contributed by atoms with Crippen LogP contribution in [0.4, 0.5) is 11.6 Å². The number of anilines is 2. The van der Waals surface area contributed by atoms with Crippen LogP contribution in [-0.2, 0) is 5.41 Å². The number of thioether (sulfide) groups is 1. The Morgan fingerprint density at radius 1 is 1.30 bits per heavy atom. The van der Waals surface area contributed by atoms with Crippen molar-refractivity contribution >= 4 is 23.4 Å². The van der Waals surface area contributed by atoms with Gasteiger partial charge in [-0.15, -0.1) is 0 Å². The zero-order chi connectivity index (χ0) is 14.8. The van der Waals surface area contributed by atoms with Crippen LogP contribution in [0.5, 0.6) is 0 Å². The third kappa shape index (κ3) is 3.35. The molecule has 5 nitrogen and oxygen atoms in total. The van der Waals surface area contributed by atoms with Gasteiger partial charge in [0.15, 0.2) is 0 Å². The van der Waals surface area contributed by atoms with Crippen molar-refractivity contribution in [3.05, 3.63) is 11.9 Å². The Morgan fingerprint density at radius 2 is 1.95 bits per heavy atom. The summed E-state index contributed by atoms with van der Waals surface area (Å²) in [5, 5.41) is 3.46. The van der Waals surface area contributed by atoms with Crippen molar-refractivity contribution in [2.24, 2.45) is 5.84 Å². The first kappa shape index (κ1) is 15.4. The summed E-state index contributed by atoms with van der Waals surface area (Å²) in [6, 6.07) is 1.86. The van der Waals surface area contributed by atoms with Crippen molar-refractivity contribution in [3.63, 3.8) is 0 Å². The predicted octanol–water partition coefficient (Wildman–Crippen LogP) is 2.76. The number of nitrogens with two attached hydrogens (primary N) is 1. The van der Waals surface area contributed by atoms with Crippen LogP contribution in [0.2, 0.25) is 0 Å². The quantitative estimate of drug-likeness (QED) is 0.573. The summed E-state index contributed by atoms with van der Waals surface area (Å²) < 4.78 is 0.378. The van der Waals surface area contributed by atoms with Gasteiger partial charge in [-0.1, -0.05) is 27.2 Å². The van der Waals surface area contributed by atoms with Crippen LogP contribution in [0.25, 0.3) is 0 Å². The second-order valence-corrected chi connectivity index (χ2v) is 7.72. The molecular weight excluding hydrogens is 270 g/mol. The van der Waals surface area contributed by atoms with E-state index < -0.39 is 0 Å². The van der Waals surface area contributed by atoms with E-state index >= 15 is 0 Å². The van der Waals surface area contributed by atoms with E-state index in [1.54, 1.807) is 0 Å². The first-order chi connectivity index (χ1) is 9.38. The number of nitrogens with zero attached hydrogens (tertiary/aromatic N) is 2. The van der Waals surface area contributed by atoms with Gasteiger partial charge in [0.25, 0.3) is 0 Å². The van der Waals surface area contributed by atoms with Crippen LogP contribution in [0.3, 0.4) is 0 Å². The fourth-order valence-corrected chi connectivity index (χ4v) is 3.14. The molecule has 1 fully saturated rings. The maximum Gasteiger partial charge on any atom is 0.145 e. The third-order valence-electron chi connectivity index (χ3n) is 3.83. The highest BCUT2D eigenvalue weighted by molar-refractivity contribution is 8.00. The lowest BCUT2D eigenvalue weighted by atomic mass is 9.84. The molecular formula is C14H25N5S. The Balaban J connectivity index is 2.14. The van der Waals surface area contributed by atoms with E-state index in [2.05, 4.69) is 47.7 Å². The van der Waals surface area contributed by atoms with Gasteiger partial charge >= 0.3 is 0 Å². The molecule has 2 rings (SSSR count). The maximum atomic E-state index is 5.50. The van der Waals surface area contributed by atoms with Gasteiger partial charge in [0, 0.05) is 22.8 Å². The zero-order valence-corrected chi connectivity index (χ0v) is 13.6. The van der Waals surface area contributed by atoms with E-state index in [0.29, 0.717) is 10.6 Å². The fraction of sp³-hybridized carbons (Fsp3) is 0.714. The molecule has 0 amide bonds. The summed E-state index contributed by atoms with van der Waals surface area (Å²) in [4.78, 5) is 9.05. The number of nitrogens with one attached hydrogen (secondary N) is 2. The van der Waals surface area contributed by atoms with Crippen LogP contribution in [0.1, 0.15) is 45.9 Å². The topological polar surface area (TPSA) is 75.9 Å². The Morgan fingerprint density at radius 3 is 2.40 bits per heavy atom. The van der Waals surface area contributed by atoms with E-state index in [4.69, 9.17) is 5.84 Å². The summed E-state index contributed by atoms with van der Waals surface area (Å²) in [5.74, 6) is 7.80. The molecule has 1 aromatic rings. The molecule has 0 unspecified atom stereocenters. The normalized spacial score (nSPS) is 17.4. The highest BCUT2D eigenvalue weighted by Crippen LogP contribution is 2.42. The number of nitrogen functional groups attached to an aromatic ring is 1. The maximum absolute atomic E-state index is 5.50. The number of hydrogen-bond donors (Lipinski definition) is 3. The van der Waals surface area contributed by atoms with Gasteiger partial charge in [-0.3, -0.25) is 0 Å². The molecule has 20 heavy (non-hydrogen) atoms. The summed E-state index contributed by atoms with van der Waals surface area (Å²) >= 11 is 1.95. The first-order valence-corrected chi connectivity index (χ1v) is 8.26. The van der Waals surface area contributed by atoms with Crippen molar-refractivity contribution < 1.29 is 0 Å². The molecule has 0 saturated heterocycles. The molecule has 0 aliphatic heterocycles. The second-order valence-electron chi connectivity index (χ2n) is 6.45. The Kier molecular flexibility index (Phi) is 4.44. The van der Waals surface area contributed by atoms with E-state index in [1.807, 2.05) is 17.8 Å². The highest BCUT2D eigenvalue weighted by atomic mass is 32.2. The van der Waals surface area contributed by atoms with Gasteiger partial charge in [-0.25, -0.2) is 15.8 Å². The second kappa shape index (κ2) is 5.77. The minimum absolute atomic E-state index is 0.100. The number of rotatable bonds is 5. The van der Waals surface area contributed by atoms with Crippen LogP contribution in [0.15, 0.2) is 6.07 Å². The molecule has 0 radical (unpaired) electrons. The lowest BCUT2D eigenvalue weighted by molar-refractivity contribution is 0.379. The van der Waals surface area contributed by atoms with Gasteiger partial charge in [-0.05, 0) is 19.1 Å². The van der Waals surface area contributed by atoms with Crippen LogP contribution in [-0.4, -0.2) is 27.5 Å². The third-order valence-corrected chi connectivity index (χ3v) is 5.25. The van der Waals surface area contributed by atoms with E-state index in [9.17, 15) is 0 Å². The molecule has 112 valence electrons. The van der Waals surface area contributed by atoms with E-state index in [1.165, 1.54) is 19.3 Å². The SMILES string of the molecule is CSC1(CNc2cc(NN)nc(C(C)(C)C)n2)CCC1. The minimum atomic E-state index is -0.100. The lowest BCUT2D eigenvalue weighted by Crippen LogP contribution is -2.40. The number of hydrazine groups is 1. The minimum Gasteiger partial charge on any atom is -0.369 e. The first-order valence-electron chi connectivity index (χ1n) is 7.04. The molecule has 1 aliphatic rings. The molecule has 0 bridgehead atoms. The smallest absolute Gasteiger partial charge is 0.145 e. The number of aromatic nitrogens is 2. The average Bonchev–Trinajstić information content (AvgIpc) is 2.36. The monoisotopic (exact) mass is 295 g/mol. The van der Waals surface area contributed by atoms with Crippen molar-refractivity contribution in [3.8, 4) is 0 Å². The molecule has 0 spiro atoms. The summed E-state index contributed by atoms with van der Waals surface area (Å²) in [6.45, 7) is 7.24. The lowest BCUT2D eigenvalue weighted by Gasteiger charge is -2.40. The molecule has 1 aliphatic carbocycles. The predicted molar refractivity (Wildman–Crippen MR) is 87.1 cm³/mol. The Labute approximate surface area is 125 Å². The van der Waals surface area contributed by atoms with Crippen molar-refractivity contribution in [2.45, 2.75) is 50.2 Å². The van der Waals surface area contributed by atoms with Crippen LogP contribution >= 0.6 is 11.8 Å². The van der Waals surface area contributed by atoms with Crippen molar-refractivity contribution in [2.75, 3.05) is 23.5 Å².